The van der Waals surface area contributed by atoms with Gasteiger partial charge in [-0.3, -0.25) is 0 Å². The van der Waals surface area contributed by atoms with E-state index in [0.717, 1.165) is 5.56 Å². The van der Waals surface area contributed by atoms with E-state index < -0.39 is 6.08 Å². The summed E-state index contributed by atoms with van der Waals surface area (Å²) in [4.78, 5) is 6.92. The Morgan fingerprint density at radius 1 is 1.53 bits per heavy atom. The first-order valence-corrected chi connectivity index (χ1v) is 4.98. The maximum Gasteiger partial charge on any atom is 0.310 e. The Bertz CT molecular complexity index is 460. The van der Waals surface area contributed by atoms with Gasteiger partial charge in [0.1, 0.15) is 5.82 Å². The van der Waals surface area contributed by atoms with Crippen molar-refractivity contribution in [2.75, 3.05) is 5.32 Å². The number of hydrogen-bond acceptors (Lipinski definition) is 4. The molecule has 0 atom stereocenters. The molecule has 0 spiro atoms. The second-order valence-electron chi connectivity index (χ2n) is 2.82. The summed E-state index contributed by atoms with van der Waals surface area (Å²) < 4.78 is 18.3. The van der Waals surface area contributed by atoms with Gasteiger partial charge >= 0.3 is 6.08 Å². The van der Waals surface area contributed by atoms with E-state index in [4.69, 9.17) is 4.42 Å². The van der Waals surface area contributed by atoms with Crippen molar-refractivity contribution in [2.45, 2.75) is 6.54 Å². The Labute approximate surface area is 93.7 Å². The van der Waals surface area contributed by atoms with E-state index in [9.17, 15) is 4.39 Å². The Morgan fingerprint density at radius 3 is 3.07 bits per heavy atom. The Kier molecular flexibility index (Phi) is 2.96. The maximum absolute atomic E-state index is 12.6. The lowest BCUT2D eigenvalue weighted by molar-refractivity contribution is 0.538. The fourth-order valence-electron chi connectivity index (χ4n) is 1.06. The first kappa shape index (κ1) is 10.1. The average molecular weight is 272 g/mol. The van der Waals surface area contributed by atoms with Crippen molar-refractivity contribution in [3.8, 4) is 0 Å². The molecule has 0 amide bonds. The molecule has 0 unspecified atom stereocenters. The Morgan fingerprint density at radius 2 is 2.40 bits per heavy atom. The number of halogens is 2. The third kappa shape index (κ3) is 2.76. The number of furan rings is 1. The summed E-state index contributed by atoms with van der Waals surface area (Å²) in [7, 11) is 0. The number of nitrogens with zero attached hydrogens (tertiary/aromatic N) is 2. The van der Waals surface area contributed by atoms with Gasteiger partial charge in [0.05, 0.1) is 6.26 Å². The van der Waals surface area contributed by atoms with Gasteiger partial charge in [0.15, 0.2) is 4.67 Å². The highest BCUT2D eigenvalue weighted by Crippen LogP contribution is 2.14. The molecule has 15 heavy (non-hydrogen) atoms. The Balaban J connectivity index is 1.99. The summed E-state index contributed by atoms with van der Waals surface area (Å²) >= 11 is 3.19. The summed E-state index contributed by atoms with van der Waals surface area (Å²) in [5, 5.41) is 2.94. The van der Waals surface area contributed by atoms with E-state index >= 15 is 0 Å². The van der Waals surface area contributed by atoms with Crippen molar-refractivity contribution >= 4 is 21.7 Å². The third-order valence-corrected chi connectivity index (χ3v) is 2.14. The van der Waals surface area contributed by atoms with Gasteiger partial charge in [-0.25, -0.2) is 4.98 Å². The second-order valence-corrected chi connectivity index (χ2v) is 3.61. The topological polar surface area (TPSA) is 51.0 Å². The van der Waals surface area contributed by atoms with E-state index in [2.05, 4.69) is 31.2 Å². The summed E-state index contributed by atoms with van der Waals surface area (Å²) in [6.45, 7) is 0.519. The van der Waals surface area contributed by atoms with Gasteiger partial charge in [-0.15, -0.1) is 0 Å². The molecule has 0 saturated heterocycles. The minimum absolute atomic E-state index is 0.444. The largest absolute Gasteiger partial charge is 0.457 e. The third-order valence-electron chi connectivity index (χ3n) is 1.72. The fourth-order valence-corrected chi connectivity index (χ4v) is 1.45. The first-order chi connectivity index (χ1) is 7.24. The molecule has 4 nitrogen and oxygen atoms in total. The van der Waals surface area contributed by atoms with E-state index in [1.165, 1.54) is 6.20 Å². The van der Waals surface area contributed by atoms with Crippen LogP contribution in [0, 0.1) is 6.08 Å². The zero-order valence-electron chi connectivity index (χ0n) is 7.58. The summed E-state index contributed by atoms with van der Waals surface area (Å²) in [5.74, 6) is 0.444. The minimum atomic E-state index is -0.742. The summed E-state index contributed by atoms with van der Waals surface area (Å²) in [6, 6.07) is 3.42. The van der Waals surface area contributed by atoms with Crippen molar-refractivity contribution in [1.82, 2.24) is 9.97 Å². The molecule has 0 bridgehead atoms. The molecule has 78 valence electrons. The van der Waals surface area contributed by atoms with Crippen LogP contribution in [0.2, 0.25) is 0 Å². The predicted octanol–water partition coefficient (Wildman–Crippen LogP) is 2.58. The fraction of sp³-hybridized carbons (Fsp3) is 0.111. The van der Waals surface area contributed by atoms with Gasteiger partial charge in [-0.2, -0.15) is 9.37 Å². The quantitative estimate of drug-likeness (QED) is 0.872. The molecule has 0 aliphatic heterocycles. The SMILES string of the molecule is Fc1nccc(NCc2coc(Br)c2)n1. The molecule has 2 rings (SSSR count). The lowest BCUT2D eigenvalue weighted by Crippen LogP contribution is -2.01. The number of rotatable bonds is 3. The van der Waals surface area contributed by atoms with Gasteiger partial charge in [-0.1, -0.05) is 0 Å². The summed E-state index contributed by atoms with van der Waals surface area (Å²) in [5.41, 5.74) is 0.945. The van der Waals surface area contributed by atoms with Gasteiger partial charge in [0, 0.05) is 18.3 Å². The van der Waals surface area contributed by atoms with Gasteiger partial charge in [0.25, 0.3) is 0 Å². The van der Waals surface area contributed by atoms with Crippen molar-refractivity contribution < 1.29 is 8.81 Å². The van der Waals surface area contributed by atoms with Crippen molar-refractivity contribution in [1.29, 1.82) is 0 Å². The lowest BCUT2D eigenvalue weighted by atomic mass is 10.3. The number of hydrogen-bond donors (Lipinski definition) is 1. The first-order valence-electron chi connectivity index (χ1n) is 4.19. The smallest absolute Gasteiger partial charge is 0.310 e. The van der Waals surface area contributed by atoms with Crippen LogP contribution in [0.5, 0.6) is 0 Å². The molecular formula is C9H7BrFN3O. The molecule has 1 N–H and O–H groups in total. The lowest BCUT2D eigenvalue weighted by Gasteiger charge is -2.01. The molecule has 0 aliphatic rings. The standard InChI is InChI=1S/C9H7BrFN3O/c10-7-3-6(5-15-7)4-13-8-1-2-12-9(11)14-8/h1-3,5H,4H2,(H,12,13,14). The van der Waals surface area contributed by atoms with Crippen LogP contribution in [0.4, 0.5) is 10.2 Å². The normalized spacial score (nSPS) is 10.3. The molecule has 6 heteroatoms. The van der Waals surface area contributed by atoms with Gasteiger partial charge < -0.3 is 9.73 Å². The molecule has 2 heterocycles. The van der Waals surface area contributed by atoms with Crippen molar-refractivity contribution in [2.24, 2.45) is 0 Å². The van der Waals surface area contributed by atoms with Crippen molar-refractivity contribution in [3.63, 3.8) is 0 Å². The highest BCUT2D eigenvalue weighted by atomic mass is 79.9. The van der Waals surface area contributed by atoms with Crippen LogP contribution in [0.1, 0.15) is 5.56 Å². The van der Waals surface area contributed by atoms with Crippen LogP contribution in [0.3, 0.4) is 0 Å². The molecular weight excluding hydrogens is 265 g/mol. The van der Waals surface area contributed by atoms with E-state index in [-0.39, 0.29) is 0 Å². The van der Waals surface area contributed by atoms with E-state index in [1.54, 1.807) is 12.3 Å². The highest BCUT2D eigenvalue weighted by Gasteiger charge is 2.00. The molecule has 0 aromatic carbocycles. The zero-order chi connectivity index (χ0) is 10.7. The second kappa shape index (κ2) is 4.39. The minimum Gasteiger partial charge on any atom is -0.457 e. The highest BCUT2D eigenvalue weighted by molar-refractivity contribution is 9.10. The number of aromatic nitrogens is 2. The predicted molar refractivity (Wildman–Crippen MR) is 55.7 cm³/mol. The molecule has 0 radical (unpaired) electrons. The number of anilines is 1. The molecule has 0 aliphatic carbocycles. The average Bonchev–Trinajstić information content (AvgIpc) is 2.62. The molecule has 0 saturated carbocycles. The number of nitrogens with one attached hydrogen (secondary N) is 1. The van der Waals surface area contributed by atoms with Gasteiger partial charge in [0.2, 0.25) is 0 Å². The zero-order valence-corrected chi connectivity index (χ0v) is 9.16. The Hall–Kier alpha value is -1.43. The van der Waals surface area contributed by atoms with Crippen LogP contribution >= 0.6 is 15.9 Å². The van der Waals surface area contributed by atoms with Crippen LogP contribution in [-0.4, -0.2) is 9.97 Å². The van der Waals surface area contributed by atoms with Crippen LogP contribution in [-0.2, 0) is 6.54 Å². The van der Waals surface area contributed by atoms with E-state index in [1.807, 2.05) is 6.07 Å². The molecule has 2 aromatic rings. The molecule has 2 aromatic heterocycles. The van der Waals surface area contributed by atoms with Crippen LogP contribution < -0.4 is 5.32 Å². The van der Waals surface area contributed by atoms with Gasteiger partial charge in [-0.05, 0) is 28.1 Å². The summed E-state index contributed by atoms with van der Waals surface area (Å²) in [6.07, 6.45) is 2.22. The van der Waals surface area contributed by atoms with Crippen LogP contribution in [0.25, 0.3) is 0 Å². The van der Waals surface area contributed by atoms with E-state index in [0.29, 0.717) is 17.0 Å². The van der Waals surface area contributed by atoms with Crippen molar-refractivity contribution in [3.05, 3.63) is 40.9 Å². The monoisotopic (exact) mass is 271 g/mol. The maximum atomic E-state index is 12.6. The molecule has 0 fully saturated rings. The van der Waals surface area contributed by atoms with Crippen LogP contribution in [0.15, 0.2) is 33.7 Å².